The molecule has 4 aromatic rings. The molecule has 5 rings (SSSR count). The third-order valence-corrected chi connectivity index (χ3v) is 6.22. The van der Waals surface area contributed by atoms with E-state index in [1.807, 2.05) is 42.5 Å². The molecular formula is C24H22Cl2N6O. The molecule has 0 N–H and O–H groups in total. The van der Waals surface area contributed by atoms with Gasteiger partial charge in [0.15, 0.2) is 5.65 Å². The number of nitrogens with zero attached hydrogens (tertiary/aromatic N) is 6. The smallest absolute Gasteiger partial charge is 0.237 e. The van der Waals surface area contributed by atoms with Crippen LogP contribution in [-0.2, 0) is 11.2 Å². The van der Waals surface area contributed by atoms with Gasteiger partial charge in [-0.15, -0.1) is 11.6 Å². The highest BCUT2D eigenvalue weighted by molar-refractivity contribution is 6.30. The molecule has 1 aliphatic rings. The summed E-state index contributed by atoms with van der Waals surface area (Å²) in [5, 5.41) is 6.11. The molecule has 1 aliphatic heterocycles. The SMILES string of the molecule is O=C(CCl)N1CCN(c2nc(Cc3ccccc3)nc3c2cnn3-c2cccc(Cl)c2)CC1. The molecule has 1 saturated heterocycles. The normalized spacial score (nSPS) is 14.1. The van der Waals surface area contributed by atoms with Crippen LogP contribution in [0.1, 0.15) is 11.4 Å². The Hall–Kier alpha value is -3.16. The molecular weight excluding hydrogens is 459 g/mol. The maximum atomic E-state index is 12.0. The molecule has 0 atom stereocenters. The zero-order chi connectivity index (χ0) is 22.8. The molecule has 2 aromatic carbocycles. The summed E-state index contributed by atoms with van der Waals surface area (Å²) >= 11 is 12.0. The summed E-state index contributed by atoms with van der Waals surface area (Å²) in [5.41, 5.74) is 2.70. The number of aromatic nitrogens is 4. The number of fused-ring (bicyclic) bond motifs is 1. The molecule has 3 heterocycles. The van der Waals surface area contributed by atoms with Crippen LogP contribution in [0.2, 0.25) is 5.02 Å². The highest BCUT2D eigenvalue weighted by Gasteiger charge is 2.25. The molecule has 0 saturated carbocycles. The summed E-state index contributed by atoms with van der Waals surface area (Å²) in [6.07, 6.45) is 2.41. The van der Waals surface area contributed by atoms with Gasteiger partial charge in [-0.2, -0.15) is 5.10 Å². The van der Waals surface area contributed by atoms with E-state index in [-0.39, 0.29) is 11.8 Å². The number of amides is 1. The Labute approximate surface area is 201 Å². The number of hydrogen-bond donors (Lipinski definition) is 0. The molecule has 0 bridgehead atoms. The standard InChI is InChI=1S/C24H22Cl2N6O/c25-15-22(33)30-9-11-31(12-10-30)23-20-16-27-32(19-8-4-7-18(26)14-19)24(20)29-21(28-23)13-17-5-2-1-3-6-17/h1-8,14,16H,9-13,15H2. The number of carbonyl (C=O) groups is 1. The summed E-state index contributed by atoms with van der Waals surface area (Å²) in [4.78, 5) is 25.8. The predicted octanol–water partition coefficient (Wildman–Crippen LogP) is 3.95. The number of carbonyl (C=O) groups excluding carboxylic acids is 1. The van der Waals surface area contributed by atoms with Gasteiger partial charge in [0.2, 0.25) is 5.91 Å². The molecule has 2 aromatic heterocycles. The topological polar surface area (TPSA) is 67.2 Å². The third kappa shape index (κ3) is 4.51. The molecule has 0 spiro atoms. The fourth-order valence-corrected chi connectivity index (χ4v) is 4.44. The Balaban J connectivity index is 1.56. The van der Waals surface area contributed by atoms with Gasteiger partial charge >= 0.3 is 0 Å². The van der Waals surface area contributed by atoms with E-state index >= 15 is 0 Å². The minimum atomic E-state index is -0.0392. The number of alkyl halides is 1. The second-order valence-electron chi connectivity index (χ2n) is 7.90. The molecule has 1 amide bonds. The lowest BCUT2D eigenvalue weighted by Gasteiger charge is -2.35. The molecule has 1 fully saturated rings. The Bertz CT molecular complexity index is 1280. The fraction of sp³-hybridized carbons (Fsp3) is 0.250. The zero-order valence-corrected chi connectivity index (χ0v) is 19.4. The molecule has 168 valence electrons. The highest BCUT2D eigenvalue weighted by Crippen LogP contribution is 2.28. The average molecular weight is 481 g/mol. The van der Waals surface area contributed by atoms with Crippen LogP contribution in [0.3, 0.4) is 0 Å². The molecule has 9 heteroatoms. The van der Waals surface area contributed by atoms with Gasteiger partial charge in [0.05, 0.1) is 17.3 Å². The Morgan fingerprint density at radius 1 is 0.970 bits per heavy atom. The lowest BCUT2D eigenvalue weighted by Crippen LogP contribution is -2.49. The predicted molar refractivity (Wildman–Crippen MR) is 130 cm³/mol. The molecule has 33 heavy (non-hydrogen) atoms. The lowest BCUT2D eigenvalue weighted by molar-refractivity contribution is -0.128. The summed E-state index contributed by atoms with van der Waals surface area (Å²) in [6, 6.07) is 17.7. The van der Waals surface area contributed by atoms with Crippen LogP contribution in [0.5, 0.6) is 0 Å². The van der Waals surface area contributed by atoms with Gasteiger partial charge in [-0.05, 0) is 23.8 Å². The van der Waals surface area contributed by atoms with Crippen molar-refractivity contribution in [3.63, 3.8) is 0 Å². The van der Waals surface area contributed by atoms with E-state index in [0.717, 1.165) is 28.1 Å². The Kier molecular flexibility index (Phi) is 6.15. The maximum Gasteiger partial charge on any atom is 0.237 e. The van der Waals surface area contributed by atoms with Crippen molar-refractivity contribution in [3.05, 3.63) is 77.2 Å². The van der Waals surface area contributed by atoms with Crippen molar-refractivity contribution in [3.8, 4) is 5.69 Å². The number of piperazine rings is 1. The fourth-order valence-electron chi connectivity index (χ4n) is 4.08. The van der Waals surface area contributed by atoms with E-state index in [0.29, 0.717) is 43.4 Å². The third-order valence-electron chi connectivity index (χ3n) is 5.76. The van der Waals surface area contributed by atoms with Crippen LogP contribution in [0.4, 0.5) is 5.82 Å². The minimum absolute atomic E-state index is 0.00534. The van der Waals surface area contributed by atoms with Gasteiger partial charge in [-0.25, -0.2) is 14.6 Å². The first-order valence-corrected chi connectivity index (χ1v) is 11.7. The average Bonchev–Trinajstić information content (AvgIpc) is 3.28. The highest BCUT2D eigenvalue weighted by atomic mass is 35.5. The molecule has 7 nitrogen and oxygen atoms in total. The Morgan fingerprint density at radius 2 is 1.76 bits per heavy atom. The van der Waals surface area contributed by atoms with Crippen molar-refractivity contribution in [2.24, 2.45) is 0 Å². The summed E-state index contributed by atoms with van der Waals surface area (Å²) in [7, 11) is 0. The van der Waals surface area contributed by atoms with Gasteiger partial charge in [0, 0.05) is 37.6 Å². The number of hydrogen-bond acceptors (Lipinski definition) is 5. The second kappa shape index (κ2) is 9.37. The maximum absolute atomic E-state index is 12.0. The number of anilines is 1. The van der Waals surface area contributed by atoms with Crippen LogP contribution in [0, 0.1) is 0 Å². The number of rotatable bonds is 5. The van der Waals surface area contributed by atoms with Crippen molar-refractivity contribution >= 4 is 46.0 Å². The van der Waals surface area contributed by atoms with Crippen molar-refractivity contribution in [2.45, 2.75) is 6.42 Å². The molecule has 0 unspecified atom stereocenters. The summed E-state index contributed by atoms with van der Waals surface area (Å²) < 4.78 is 1.80. The summed E-state index contributed by atoms with van der Waals surface area (Å²) in [5.74, 6) is 1.51. The van der Waals surface area contributed by atoms with Crippen LogP contribution in [0.15, 0.2) is 60.8 Å². The van der Waals surface area contributed by atoms with Crippen LogP contribution >= 0.6 is 23.2 Å². The van der Waals surface area contributed by atoms with E-state index in [2.05, 4.69) is 22.1 Å². The van der Waals surface area contributed by atoms with Crippen molar-refractivity contribution < 1.29 is 4.79 Å². The first-order chi connectivity index (χ1) is 16.1. The lowest BCUT2D eigenvalue weighted by atomic mass is 10.1. The minimum Gasteiger partial charge on any atom is -0.352 e. The van der Waals surface area contributed by atoms with E-state index in [1.54, 1.807) is 15.8 Å². The van der Waals surface area contributed by atoms with Crippen LogP contribution < -0.4 is 4.90 Å². The Morgan fingerprint density at radius 3 is 2.48 bits per heavy atom. The molecule has 0 aliphatic carbocycles. The second-order valence-corrected chi connectivity index (χ2v) is 8.60. The largest absolute Gasteiger partial charge is 0.352 e. The monoisotopic (exact) mass is 480 g/mol. The van der Waals surface area contributed by atoms with E-state index in [9.17, 15) is 4.79 Å². The quantitative estimate of drug-likeness (QED) is 0.404. The van der Waals surface area contributed by atoms with Gasteiger partial charge < -0.3 is 9.80 Å². The first kappa shape index (κ1) is 21.7. The number of halogens is 2. The van der Waals surface area contributed by atoms with Gasteiger partial charge in [0.25, 0.3) is 0 Å². The van der Waals surface area contributed by atoms with E-state index in [1.165, 1.54) is 0 Å². The van der Waals surface area contributed by atoms with Gasteiger partial charge in [0.1, 0.15) is 17.5 Å². The van der Waals surface area contributed by atoms with Crippen LogP contribution in [0.25, 0.3) is 16.7 Å². The van der Waals surface area contributed by atoms with Crippen molar-refractivity contribution in [2.75, 3.05) is 37.0 Å². The zero-order valence-electron chi connectivity index (χ0n) is 17.9. The molecule has 0 radical (unpaired) electrons. The van der Waals surface area contributed by atoms with E-state index < -0.39 is 0 Å². The van der Waals surface area contributed by atoms with Crippen molar-refractivity contribution in [1.29, 1.82) is 0 Å². The van der Waals surface area contributed by atoms with Crippen molar-refractivity contribution in [1.82, 2.24) is 24.6 Å². The van der Waals surface area contributed by atoms with Gasteiger partial charge in [-0.3, -0.25) is 4.79 Å². The number of benzene rings is 2. The van der Waals surface area contributed by atoms with E-state index in [4.69, 9.17) is 33.2 Å². The summed E-state index contributed by atoms with van der Waals surface area (Å²) in [6.45, 7) is 2.55. The first-order valence-electron chi connectivity index (χ1n) is 10.8. The van der Waals surface area contributed by atoms with Gasteiger partial charge in [-0.1, -0.05) is 48.0 Å². The van der Waals surface area contributed by atoms with Crippen LogP contribution in [-0.4, -0.2) is 62.6 Å².